The Kier molecular flexibility index (Phi) is 7.36. The van der Waals surface area contributed by atoms with E-state index in [4.69, 9.17) is 27.5 Å². The van der Waals surface area contributed by atoms with Crippen LogP contribution in [-0.2, 0) is 4.79 Å². The Hall–Kier alpha value is -1.24. The van der Waals surface area contributed by atoms with Gasteiger partial charge in [-0.1, -0.05) is 11.6 Å². The minimum Gasteiger partial charge on any atom is -0.507 e. The molecule has 0 aliphatic heterocycles. The van der Waals surface area contributed by atoms with Crippen molar-refractivity contribution in [3.05, 3.63) is 28.8 Å². The van der Waals surface area contributed by atoms with Crippen molar-refractivity contribution >= 4 is 36.5 Å². The maximum Gasteiger partial charge on any atom is 0.321 e. The topological polar surface area (TPSA) is 101 Å². The van der Waals surface area contributed by atoms with Crippen LogP contribution in [0.3, 0.4) is 0 Å². The summed E-state index contributed by atoms with van der Waals surface area (Å²) in [5, 5.41) is 17.4. The third-order valence-corrected chi connectivity index (χ3v) is 2.26. The zero-order valence-corrected chi connectivity index (χ0v) is 10.4. The van der Waals surface area contributed by atoms with Gasteiger partial charge < -0.3 is 15.9 Å². The van der Waals surface area contributed by atoms with E-state index in [9.17, 15) is 9.59 Å². The molecular weight excluding hydrogens is 266 g/mol. The second-order valence-electron chi connectivity index (χ2n) is 2.95. The maximum atomic E-state index is 10.2. The van der Waals surface area contributed by atoms with Gasteiger partial charge >= 0.3 is 5.97 Å². The summed E-state index contributed by atoms with van der Waals surface area (Å²) in [4.78, 5) is 19.9. The van der Waals surface area contributed by atoms with E-state index in [0.717, 1.165) is 0 Å². The smallest absolute Gasteiger partial charge is 0.321 e. The van der Waals surface area contributed by atoms with E-state index in [1.807, 2.05) is 0 Å². The summed E-state index contributed by atoms with van der Waals surface area (Å²) < 4.78 is 0. The number of hydrogen-bond acceptors (Lipinski definition) is 5. The maximum absolute atomic E-state index is 10.2. The number of rotatable bonds is 3. The molecule has 1 atom stereocenters. The molecule has 0 aromatic heterocycles. The molecular formula is C10H12ClNO4S. The van der Waals surface area contributed by atoms with Crippen LogP contribution in [0.1, 0.15) is 10.4 Å². The predicted molar refractivity (Wildman–Crippen MR) is 68.0 cm³/mol. The Morgan fingerprint density at radius 1 is 1.59 bits per heavy atom. The molecule has 7 heteroatoms. The van der Waals surface area contributed by atoms with Crippen LogP contribution in [0, 0.1) is 0 Å². The Bertz CT molecular complexity index is 400. The summed E-state index contributed by atoms with van der Waals surface area (Å²) in [5.41, 5.74) is 5.16. The fraction of sp³-hybridized carbons (Fsp3) is 0.200. The number of aromatic hydroxyl groups is 1. The van der Waals surface area contributed by atoms with Gasteiger partial charge in [0.1, 0.15) is 11.8 Å². The molecule has 0 amide bonds. The lowest BCUT2D eigenvalue weighted by Gasteiger charge is -1.96. The van der Waals surface area contributed by atoms with Crippen LogP contribution in [0.2, 0.25) is 5.02 Å². The van der Waals surface area contributed by atoms with Crippen molar-refractivity contribution in [3.63, 3.8) is 0 Å². The van der Waals surface area contributed by atoms with Gasteiger partial charge in [0.15, 0.2) is 6.29 Å². The van der Waals surface area contributed by atoms with Crippen molar-refractivity contribution in [1.29, 1.82) is 0 Å². The van der Waals surface area contributed by atoms with E-state index in [-0.39, 0.29) is 17.1 Å². The largest absolute Gasteiger partial charge is 0.507 e. The SMILES string of the molecule is N[C@@H](CS)C(=O)O.O=Cc1cc(Cl)ccc1O. The number of thiol groups is 1. The van der Waals surface area contributed by atoms with Crippen LogP contribution in [0.15, 0.2) is 18.2 Å². The fourth-order valence-electron chi connectivity index (χ4n) is 0.698. The zero-order chi connectivity index (χ0) is 13.4. The number of hydrogen-bond donors (Lipinski definition) is 4. The van der Waals surface area contributed by atoms with Crippen LogP contribution < -0.4 is 5.73 Å². The molecule has 0 heterocycles. The first-order valence-electron chi connectivity index (χ1n) is 4.45. The molecule has 0 radical (unpaired) electrons. The molecule has 1 rings (SSSR count). The molecule has 0 saturated carbocycles. The highest BCUT2D eigenvalue weighted by molar-refractivity contribution is 7.80. The van der Waals surface area contributed by atoms with Gasteiger partial charge in [-0.2, -0.15) is 12.6 Å². The van der Waals surface area contributed by atoms with Gasteiger partial charge in [0, 0.05) is 10.8 Å². The Morgan fingerprint density at radius 2 is 2.18 bits per heavy atom. The first kappa shape index (κ1) is 15.8. The van der Waals surface area contributed by atoms with Crippen molar-refractivity contribution in [2.24, 2.45) is 5.73 Å². The Balaban J connectivity index is 0.000000325. The molecule has 4 N–H and O–H groups in total. The van der Waals surface area contributed by atoms with E-state index in [1.54, 1.807) is 0 Å². The first-order chi connectivity index (χ1) is 7.92. The molecule has 0 aliphatic rings. The predicted octanol–water partition coefficient (Wildman–Crippen LogP) is 1.19. The van der Waals surface area contributed by atoms with Crippen molar-refractivity contribution in [3.8, 4) is 5.75 Å². The lowest BCUT2D eigenvalue weighted by Crippen LogP contribution is -2.31. The zero-order valence-electron chi connectivity index (χ0n) is 8.71. The lowest BCUT2D eigenvalue weighted by molar-refractivity contribution is -0.137. The summed E-state index contributed by atoms with van der Waals surface area (Å²) in [7, 11) is 0. The normalized spacial score (nSPS) is 11.0. The van der Waals surface area contributed by atoms with Crippen molar-refractivity contribution < 1.29 is 19.8 Å². The monoisotopic (exact) mass is 277 g/mol. The van der Waals surface area contributed by atoms with Gasteiger partial charge in [-0.3, -0.25) is 9.59 Å². The van der Waals surface area contributed by atoms with Crippen LogP contribution in [-0.4, -0.2) is 34.3 Å². The van der Waals surface area contributed by atoms with Crippen molar-refractivity contribution in [2.75, 3.05) is 5.75 Å². The summed E-state index contributed by atoms with van der Waals surface area (Å²) in [5.74, 6) is -0.857. The molecule has 0 bridgehead atoms. The molecule has 0 saturated heterocycles. The van der Waals surface area contributed by atoms with Gasteiger partial charge in [-0.05, 0) is 18.2 Å². The quantitative estimate of drug-likeness (QED) is 0.491. The van der Waals surface area contributed by atoms with E-state index in [0.29, 0.717) is 11.3 Å². The van der Waals surface area contributed by atoms with Crippen LogP contribution >= 0.6 is 24.2 Å². The highest BCUT2D eigenvalue weighted by Gasteiger charge is 2.06. The minimum atomic E-state index is -1.00. The van der Waals surface area contributed by atoms with Gasteiger partial charge in [0.25, 0.3) is 0 Å². The lowest BCUT2D eigenvalue weighted by atomic mass is 10.2. The van der Waals surface area contributed by atoms with Crippen molar-refractivity contribution in [1.82, 2.24) is 0 Å². The van der Waals surface area contributed by atoms with E-state index >= 15 is 0 Å². The number of benzene rings is 1. The highest BCUT2D eigenvalue weighted by atomic mass is 35.5. The standard InChI is InChI=1S/C7H5ClO2.C3H7NO2S/c8-6-1-2-7(10)5(3-6)4-9;4-2(1-7)3(5)6/h1-4,10H;2,7H,1,4H2,(H,5,6)/t;2-/m.0/s1. The molecule has 17 heavy (non-hydrogen) atoms. The Morgan fingerprint density at radius 3 is 2.47 bits per heavy atom. The number of carbonyl (C=O) groups is 2. The molecule has 1 aromatic rings. The number of carboxylic acids is 1. The average Bonchev–Trinajstić information content (AvgIpc) is 2.31. The Labute approximate surface area is 109 Å². The minimum absolute atomic E-state index is 0.0422. The van der Waals surface area contributed by atoms with Gasteiger partial charge in [0.2, 0.25) is 0 Å². The number of carboxylic acid groups (broad SMARTS) is 1. The number of aldehydes is 1. The number of nitrogens with two attached hydrogens (primary N) is 1. The molecule has 0 spiro atoms. The third-order valence-electron chi connectivity index (χ3n) is 1.63. The van der Waals surface area contributed by atoms with Crippen LogP contribution in [0.5, 0.6) is 5.75 Å². The average molecular weight is 278 g/mol. The number of carbonyl (C=O) groups excluding carboxylic acids is 1. The molecule has 0 aliphatic carbocycles. The van der Waals surface area contributed by atoms with E-state index in [1.165, 1.54) is 18.2 Å². The van der Waals surface area contributed by atoms with Crippen molar-refractivity contribution in [2.45, 2.75) is 6.04 Å². The second kappa shape index (κ2) is 7.94. The third kappa shape index (κ3) is 6.15. The first-order valence-corrected chi connectivity index (χ1v) is 5.46. The van der Waals surface area contributed by atoms with Crippen LogP contribution in [0.4, 0.5) is 0 Å². The van der Waals surface area contributed by atoms with Gasteiger partial charge in [-0.25, -0.2) is 0 Å². The molecule has 0 unspecified atom stereocenters. The van der Waals surface area contributed by atoms with E-state index in [2.05, 4.69) is 12.6 Å². The molecule has 1 aromatic carbocycles. The summed E-state index contributed by atoms with van der Waals surface area (Å²) in [6.45, 7) is 0. The molecule has 0 fully saturated rings. The summed E-state index contributed by atoms with van der Waals surface area (Å²) in [6.07, 6.45) is 0.557. The number of aliphatic carboxylic acids is 1. The highest BCUT2D eigenvalue weighted by Crippen LogP contribution is 2.18. The number of phenolic OH excluding ortho intramolecular Hbond substituents is 1. The summed E-state index contributed by atoms with van der Waals surface area (Å²) in [6, 6.07) is 3.49. The van der Waals surface area contributed by atoms with Crippen LogP contribution in [0.25, 0.3) is 0 Å². The summed E-state index contributed by atoms with van der Waals surface area (Å²) >= 11 is 9.17. The van der Waals surface area contributed by atoms with E-state index < -0.39 is 12.0 Å². The molecule has 94 valence electrons. The fourth-order valence-corrected chi connectivity index (χ4v) is 1.03. The van der Waals surface area contributed by atoms with Gasteiger partial charge in [0.05, 0.1) is 5.56 Å². The second-order valence-corrected chi connectivity index (χ2v) is 3.75. The number of halogens is 1. The molecule has 5 nitrogen and oxygen atoms in total. The van der Waals surface area contributed by atoms with Gasteiger partial charge in [-0.15, -0.1) is 0 Å². The number of phenols is 1.